The third-order valence-electron chi connectivity index (χ3n) is 2.03. The normalized spacial score (nSPS) is 12.3. The molecule has 0 saturated heterocycles. The fourth-order valence-corrected chi connectivity index (χ4v) is 0.828. The Bertz CT molecular complexity index is 238. The SMILES string of the molecule is CCCNC(=O)NCC(C)(C)C(N)=NO. The van der Waals surface area contributed by atoms with Crippen molar-refractivity contribution in [3.8, 4) is 0 Å². The van der Waals surface area contributed by atoms with E-state index in [-0.39, 0.29) is 11.9 Å². The predicted molar refractivity (Wildman–Crippen MR) is 58.9 cm³/mol. The Balaban J connectivity index is 3.98. The molecule has 0 aliphatic carbocycles. The van der Waals surface area contributed by atoms with E-state index in [0.29, 0.717) is 13.1 Å². The van der Waals surface area contributed by atoms with Crippen LogP contribution in [-0.2, 0) is 0 Å². The second-order valence-corrected chi connectivity index (χ2v) is 3.98. The van der Waals surface area contributed by atoms with E-state index < -0.39 is 5.41 Å². The highest BCUT2D eigenvalue weighted by Gasteiger charge is 2.24. The Hall–Kier alpha value is -1.46. The number of nitrogens with two attached hydrogens (primary N) is 1. The zero-order valence-electron chi connectivity index (χ0n) is 9.50. The van der Waals surface area contributed by atoms with Gasteiger partial charge >= 0.3 is 6.03 Å². The second-order valence-electron chi connectivity index (χ2n) is 3.98. The van der Waals surface area contributed by atoms with Crippen LogP contribution < -0.4 is 16.4 Å². The maximum absolute atomic E-state index is 11.2. The minimum Gasteiger partial charge on any atom is -0.409 e. The number of amidine groups is 1. The first-order valence-corrected chi connectivity index (χ1v) is 4.93. The molecule has 2 amide bonds. The maximum Gasteiger partial charge on any atom is 0.314 e. The number of hydrogen-bond donors (Lipinski definition) is 4. The molecule has 5 N–H and O–H groups in total. The molecule has 88 valence electrons. The molecular weight excluding hydrogens is 196 g/mol. The van der Waals surface area contributed by atoms with Gasteiger partial charge < -0.3 is 21.6 Å². The Morgan fingerprint density at radius 1 is 1.47 bits per heavy atom. The summed E-state index contributed by atoms with van der Waals surface area (Å²) in [6, 6.07) is -0.240. The van der Waals surface area contributed by atoms with Gasteiger partial charge in [0, 0.05) is 18.5 Å². The van der Waals surface area contributed by atoms with Crippen molar-refractivity contribution in [1.29, 1.82) is 0 Å². The molecule has 0 saturated carbocycles. The standard InChI is InChI=1S/C9H20N4O2/c1-4-5-11-8(14)12-6-9(2,3)7(10)13-15/h15H,4-6H2,1-3H3,(H2,10,13)(H2,11,12,14). The van der Waals surface area contributed by atoms with Crippen LogP contribution in [-0.4, -0.2) is 30.2 Å². The van der Waals surface area contributed by atoms with Gasteiger partial charge in [0.25, 0.3) is 0 Å². The number of hydrogen-bond acceptors (Lipinski definition) is 3. The van der Waals surface area contributed by atoms with E-state index >= 15 is 0 Å². The number of carbonyl (C=O) groups is 1. The summed E-state index contributed by atoms with van der Waals surface area (Å²) in [6.07, 6.45) is 0.886. The fourth-order valence-electron chi connectivity index (χ4n) is 0.828. The predicted octanol–water partition coefficient (Wildman–Crippen LogP) is 0.468. The maximum atomic E-state index is 11.2. The van der Waals surface area contributed by atoms with Gasteiger partial charge in [-0.3, -0.25) is 0 Å². The number of urea groups is 1. The molecule has 0 aromatic heterocycles. The van der Waals surface area contributed by atoms with E-state index in [1.54, 1.807) is 13.8 Å². The second kappa shape index (κ2) is 6.10. The molecule has 15 heavy (non-hydrogen) atoms. The number of nitrogens with zero attached hydrogens (tertiary/aromatic N) is 1. The highest BCUT2D eigenvalue weighted by Crippen LogP contribution is 2.12. The zero-order valence-corrected chi connectivity index (χ0v) is 9.50. The number of amides is 2. The van der Waals surface area contributed by atoms with Crippen LogP contribution in [0.4, 0.5) is 4.79 Å². The van der Waals surface area contributed by atoms with Crippen LogP contribution in [0.1, 0.15) is 27.2 Å². The van der Waals surface area contributed by atoms with Crippen LogP contribution in [0.2, 0.25) is 0 Å². The molecule has 0 atom stereocenters. The number of nitrogens with one attached hydrogen (secondary N) is 2. The van der Waals surface area contributed by atoms with Gasteiger partial charge in [0.15, 0.2) is 0 Å². The van der Waals surface area contributed by atoms with Crippen molar-refractivity contribution >= 4 is 11.9 Å². The van der Waals surface area contributed by atoms with Gasteiger partial charge in [0.05, 0.1) is 0 Å². The summed E-state index contributed by atoms with van der Waals surface area (Å²) < 4.78 is 0. The summed E-state index contributed by atoms with van der Waals surface area (Å²) >= 11 is 0. The summed E-state index contributed by atoms with van der Waals surface area (Å²) in [4.78, 5) is 11.2. The molecule has 0 unspecified atom stereocenters. The molecule has 6 heteroatoms. The fraction of sp³-hybridized carbons (Fsp3) is 0.778. The Kier molecular flexibility index (Phi) is 5.51. The van der Waals surface area contributed by atoms with Crippen molar-refractivity contribution < 1.29 is 10.0 Å². The molecule has 0 fully saturated rings. The monoisotopic (exact) mass is 216 g/mol. The van der Waals surface area contributed by atoms with Crippen molar-refractivity contribution in [2.75, 3.05) is 13.1 Å². The van der Waals surface area contributed by atoms with Gasteiger partial charge in [-0.1, -0.05) is 25.9 Å². The number of oxime groups is 1. The highest BCUT2D eigenvalue weighted by molar-refractivity contribution is 5.86. The topological polar surface area (TPSA) is 99.7 Å². The third kappa shape index (κ3) is 5.09. The van der Waals surface area contributed by atoms with E-state index in [9.17, 15) is 4.79 Å². The van der Waals surface area contributed by atoms with Gasteiger partial charge in [0.2, 0.25) is 0 Å². The van der Waals surface area contributed by atoms with Crippen LogP contribution in [0.15, 0.2) is 5.16 Å². The van der Waals surface area contributed by atoms with Crippen molar-refractivity contribution in [3.05, 3.63) is 0 Å². The minimum atomic E-state index is -0.557. The summed E-state index contributed by atoms with van der Waals surface area (Å²) in [7, 11) is 0. The van der Waals surface area contributed by atoms with Gasteiger partial charge in [-0.05, 0) is 6.42 Å². The summed E-state index contributed by atoms with van der Waals surface area (Å²) in [5, 5.41) is 16.8. The van der Waals surface area contributed by atoms with Crippen LogP contribution in [0.25, 0.3) is 0 Å². The molecule has 0 bridgehead atoms. The number of carbonyl (C=O) groups excluding carboxylic acids is 1. The van der Waals surface area contributed by atoms with Crippen molar-refractivity contribution in [1.82, 2.24) is 10.6 Å². The molecular formula is C9H20N4O2. The summed E-state index contributed by atoms with van der Waals surface area (Å²) in [5.41, 5.74) is 4.91. The Labute approximate surface area is 89.9 Å². The van der Waals surface area contributed by atoms with E-state index in [2.05, 4.69) is 15.8 Å². The molecule has 0 spiro atoms. The van der Waals surface area contributed by atoms with E-state index in [4.69, 9.17) is 10.9 Å². The quantitative estimate of drug-likeness (QED) is 0.232. The average molecular weight is 216 g/mol. The lowest BCUT2D eigenvalue weighted by molar-refractivity contribution is 0.237. The van der Waals surface area contributed by atoms with E-state index in [1.165, 1.54) is 0 Å². The van der Waals surface area contributed by atoms with Crippen LogP contribution in [0.5, 0.6) is 0 Å². The lowest BCUT2D eigenvalue weighted by atomic mass is 9.92. The van der Waals surface area contributed by atoms with Crippen molar-refractivity contribution in [3.63, 3.8) is 0 Å². The smallest absolute Gasteiger partial charge is 0.314 e. The summed E-state index contributed by atoms with van der Waals surface area (Å²) in [6.45, 7) is 6.49. The zero-order chi connectivity index (χ0) is 11.9. The molecule has 0 rings (SSSR count). The first kappa shape index (κ1) is 13.5. The molecule has 0 aliphatic heterocycles. The van der Waals surface area contributed by atoms with Gasteiger partial charge in [-0.2, -0.15) is 0 Å². The molecule has 0 heterocycles. The Morgan fingerprint density at radius 2 is 2.07 bits per heavy atom. The van der Waals surface area contributed by atoms with Gasteiger partial charge in [0.1, 0.15) is 5.84 Å². The first-order valence-electron chi connectivity index (χ1n) is 4.93. The Morgan fingerprint density at radius 3 is 2.53 bits per heavy atom. The largest absolute Gasteiger partial charge is 0.409 e. The van der Waals surface area contributed by atoms with Gasteiger partial charge in [-0.15, -0.1) is 0 Å². The average Bonchev–Trinajstić information content (AvgIpc) is 2.22. The molecule has 0 aromatic carbocycles. The van der Waals surface area contributed by atoms with E-state index in [0.717, 1.165) is 6.42 Å². The number of rotatable bonds is 5. The van der Waals surface area contributed by atoms with Crippen LogP contribution >= 0.6 is 0 Å². The van der Waals surface area contributed by atoms with Crippen LogP contribution in [0, 0.1) is 5.41 Å². The minimum absolute atomic E-state index is 0.0956. The molecule has 6 nitrogen and oxygen atoms in total. The van der Waals surface area contributed by atoms with Gasteiger partial charge in [-0.25, -0.2) is 4.79 Å². The molecule has 0 aliphatic rings. The first-order chi connectivity index (χ1) is 6.94. The highest BCUT2D eigenvalue weighted by atomic mass is 16.4. The van der Waals surface area contributed by atoms with Crippen molar-refractivity contribution in [2.24, 2.45) is 16.3 Å². The third-order valence-corrected chi connectivity index (χ3v) is 2.03. The molecule has 0 aromatic rings. The van der Waals surface area contributed by atoms with Crippen molar-refractivity contribution in [2.45, 2.75) is 27.2 Å². The lowest BCUT2D eigenvalue weighted by Gasteiger charge is -2.23. The van der Waals surface area contributed by atoms with Crippen LogP contribution in [0.3, 0.4) is 0 Å². The molecule has 0 radical (unpaired) electrons. The lowest BCUT2D eigenvalue weighted by Crippen LogP contribution is -2.45. The van der Waals surface area contributed by atoms with E-state index in [1.807, 2.05) is 6.92 Å². The summed E-state index contributed by atoms with van der Waals surface area (Å²) in [5.74, 6) is 0.0956.